The zero-order valence-electron chi connectivity index (χ0n) is 24.6. The summed E-state index contributed by atoms with van der Waals surface area (Å²) in [7, 11) is 0. The van der Waals surface area contributed by atoms with Crippen LogP contribution in [0, 0.1) is 0 Å². The maximum Gasteiger partial charge on any atom is 0.238 e. The molecular weight excluding hydrogens is 564 g/mol. The van der Waals surface area contributed by atoms with Crippen molar-refractivity contribution in [2.24, 2.45) is 0 Å². The molecule has 0 unspecified atom stereocenters. The second-order valence-electron chi connectivity index (χ2n) is 11.7. The fourth-order valence-corrected chi connectivity index (χ4v) is 6.87. The van der Waals surface area contributed by atoms with E-state index in [1.165, 1.54) is 10.8 Å². The van der Waals surface area contributed by atoms with Gasteiger partial charge in [-0.3, -0.25) is 4.57 Å². The molecule has 0 saturated heterocycles. The molecule has 10 aromatic rings. The SMILES string of the molecule is c1ccc(-c2nc(-c3cccc4oc5cc6ccccc6cc5c34)nc(-n3c4ccccc4c4cc5ccccc5cc43)n2)cc1. The lowest BCUT2D eigenvalue weighted by atomic mass is 10.0. The summed E-state index contributed by atoms with van der Waals surface area (Å²) >= 11 is 0. The third-order valence-electron chi connectivity index (χ3n) is 9.00. The highest BCUT2D eigenvalue weighted by atomic mass is 16.3. The molecule has 10 rings (SSSR count). The Morgan fingerprint density at radius 3 is 1.89 bits per heavy atom. The summed E-state index contributed by atoms with van der Waals surface area (Å²) in [6, 6.07) is 50.4. The molecule has 214 valence electrons. The van der Waals surface area contributed by atoms with Crippen molar-refractivity contribution in [3.05, 3.63) is 146 Å². The lowest BCUT2D eigenvalue weighted by Gasteiger charge is -2.11. The normalized spacial score (nSPS) is 11.9. The van der Waals surface area contributed by atoms with Crippen molar-refractivity contribution in [2.45, 2.75) is 0 Å². The van der Waals surface area contributed by atoms with Crippen LogP contribution in [-0.4, -0.2) is 19.5 Å². The van der Waals surface area contributed by atoms with E-state index in [1.807, 2.05) is 42.5 Å². The molecule has 0 atom stereocenters. The van der Waals surface area contributed by atoms with Crippen molar-refractivity contribution >= 4 is 65.3 Å². The van der Waals surface area contributed by atoms with Gasteiger partial charge in [-0.15, -0.1) is 0 Å². The zero-order chi connectivity index (χ0) is 30.2. The van der Waals surface area contributed by atoms with Crippen LogP contribution in [0.2, 0.25) is 0 Å². The fourth-order valence-electron chi connectivity index (χ4n) is 6.87. The van der Waals surface area contributed by atoms with E-state index in [4.69, 9.17) is 19.4 Å². The van der Waals surface area contributed by atoms with E-state index in [9.17, 15) is 0 Å². The van der Waals surface area contributed by atoms with Crippen LogP contribution in [0.4, 0.5) is 0 Å². The van der Waals surface area contributed by atoms with E-state index in [0.29, 0.717) is 17.6 Å². The summed E-state index contributed by atoms with van der Waals surface area (Å²) < 4.78 is 8.60. The number of furan rings is 1. The van der Waals surface area contributed by atoms with Gasteiger partial charge in [0.25, 0.3) is 0 Å². The predicted molar refractivity (Wildman–Crippen MR) is 187 cm³/mol. The highest BCUT2D eigenvalue weighted by molar-refractivity contribution is 6.16. The first-order valence-corrected chi connectivity index (χ1v) is 15.4. The van der Waals surface area contributed by atoms with Gasteiger partial charge in [0, 0.05) is 32.7 Å². The van der Waals surface area contributed by atoms with Gasteiger partial charge in [-0.2, -0.15) is 9.97 Å². The molecule has 0 aliphatic rings. The molecule has 0 aliphatic carbocycles. The molecule has 0 amide bonds. The molecule has 0 saturated carbocycles. The first-order valence-electron chi connectivity index (χ1n) is 15.4. The van der Waals surface area contributed by atoms with E-state index in [1.54, 1.807) is 0 Å². The van der Waals surface area contributed by atoms with E-state index in [-0.39, 0.29) is 0 Å². The number of hydrogen-bond acceptors (Lipinski definition) is 4. The topological polar surface area (TPSA) is 56.7 Å². The van der Waals surface area contributed by atoms with Crippen LogP contribution in [0.5, 0.6) is 0 Å². The summed E-state index contributed by atoms with van der Waals surface area (Å²) in [6.07, 6.45) is 0. The molecule has 3 heterocycles. The number of fused-ring (bicyclic) bond motifs is 8. The number of hydrogen-bond donors (Lipinski definition) is 0. The van der Waals surface area contributed by atoms with Gasteiger partial charge in [0.05, 0.1) is 11.0 Å². The summed E-state index contributed by atoms with van der Waals surface area (Å²) in [5.41, 5.74) is 5.56. The zero-order valence-corrected chi connectivity index (χ0v) is 24.6. The Morgan fingerprint density at radius 2 is 1.09 bits per heavy atom. The minimum absolute atomic E-state index is 0.570. The van der Waals surface area contributed by atoms with Crippen molar-refractivity contribution < 1.29 is 4.42 Å². The van der Waals surface area contributed by atoms with E-state index in [2.05, 4.69) is 108 Å². The Kier molecular flexibility index (Phi) is 5.22. The van der Waals surface area contributed by atoms with Gasteiger partial charge < -0.3 is 4.42 Å². The highest BCUT2D eigenvalue weighted by Crippen LogP contribution is 2.39. The van der Waals surface area contributed by atoms with Crippen molar-refractivity contribution in [1.29, 1.82) is 0 Å². The molecule has 0 bridgehead atoms. The Balaban J connectivity index is 1.31. The van der Waals surface area contributed by atoms with Crippen LogP contribution in [0.3, 0.4) is 0 Å². The molecule has 46 heavy (non-hydrogen) atoms. The Morgan fingerprint density at radius 1 is 0.435 bits per heavy atom. The summed E-state index contributed by atoms with van der Waals surface area (Å²) in [5, 5.41) is 9.01. The molecule has 0 aliphatic heterocycles. The Labute approximate surface area is 263 Å². The Hall–Kier alpha value is -6.33. The van der Waals surface area contributed by atoms with Crippen LogP contribution in [0.1, 0.15) is 0 Å². The molecule has 5 nitrogen and oxygen atoms in total. The maximum absolute atomic E-state index is 6.42. The molecule has 5 heteroatoms. The van der Waals surface area contributed by atoms with E-state index in [0.717, 1.165) is 65.6 Å². The van der Waals surface area contributed by atoms with E-state index < -0.39 is 0 Å². The number of rotatable bonds is 3. The van der Waals surface area contributed by atoms with Gasteiger partial charge in [-0.25, -0.2) is 4.98 Å². The van der Waals surface area contributed by atoms with Crippen molar-refractivity contribution in [3.63, 3.8) is 0 Å². The number of para-hydroxylation sites is 1. The summed E-state index contributed by atoms with van der Waals surface area (Å²) in [6.45, 7) is 0. The van der Waals surface area contributed by atoms with Gasteiger partial charge in [0.15, 0.2) is 11.6 Å². The van der Waals surface area contributed by atoms with Crippen LogP contribution in [0.25, 0.3) is 94.0 Å². The molecule has 0 radical (unpaired) electrons. The van der Waals surface area contributed by atoms with Gasteiger partial charge in [0.1, 0.15) is 11.2 Å². The predicted octanol–water partition coefficient (Wildman–Crippen LogP) is 10.5. The quantitative estimate of drug-likeness (QED) is 0.206. The van der Waals surface area contributed by atoms with Gasteiger partial charge >= 0.3 is 0 Å². The minimum Gasteiger partial charge on any atom is -0.456 e. The standard InChI is InChI=1S/C41H24N4O/c1-2-11-25(12-3-1)39-42-40(31-18-10-20-36-38(31)33-22-27-14-5-7-16-29(27)24-37(33)46-36)44-41(43-39)45-34-19-9-8-17-30(34)32-21-26-13-4-6-15-28(26)23-35(32)45/h1-24H. The molecule has 0 fully saturated rings. The minimum atomic E-state index is 0.570. The fraction of sp³-hybridized carbons (Fsp3) is 0. The smallest absolute Gasteiger partial charge is 0.238 e. The average Bonchev–Trinajstić information content (AvgIpc) is 3.64. The average molecular weight is 589 g/mol. The van der Waals surface area contributed by atoms with Crippen LogP contribution < -0.4 is 0 Å². The third kappa shape index (κ3) is 3.72. The van der Waals surface area contributed by atoms with Crippen molar-refractivity contribution in [1.82, 2.24) is 19.5 Å². The maximum atomic E-state index is 6.42. The van der Waals surface area contributed by atoms with Crippen LogP contribution >= 0.6 is 0 Å². The molecule has 3 aromatic heterocycles. The first kappa shape index (κ1) is 25.0. The second-order valence-corrected chi connectivity index (χ2v) is 11.7. The highest BCUT2D eigenvalue weighted by Gasteiger charge is 2.21. The largest absolute Gasteiger partial charge is 0.456 e. The lowest BCUT2D eigenvalue weighted by molar-refractivity contribution is 0.669. The third-order valence-corrected chi connectivity index (χ3v) is 9.00. The van der Waals surface area contributed by atoms with Crippen LogP contribution in [-0.2, 0) is 0 Å². The number of aromatic nitrogens is 4. The lowest BCUT2D eigenvalue weighted by Crippen LogP contribution is -2.06. The van der Waals surface area contributed by atoms with E-state index >= 15 is 0 Å². The Bertz CT molecular complexity index is 2810. The molecule has 0 spiro atoms. The van der Waals surface area contributed by atoms with Crippen LogP contribution in [0.15, 0.2) is 150 Å². The van der Waals surface area contributed by atoms with Crippen molar-refractivity contribution in [3.8, 4) is 28.7 Å². The first-order chi connectivity index (χ1) is 22.8. The number of benzene rings is 7. The second kappa shape index (κ2) is 9.58. The van der Waals surface area contributed by atoms with Gasteiger partial charge in [0.2, 0.25) is 5.95 Å². The molecular formula is C41H24N4O. The van der Waals surface area contributed by atoms with Crippen molar-refractivity contribution in [2.75, 3.05) is 0 Å². The summed E-state index contributed by atoms with van der Waals surface area (Å²) in [4.78, 5) is 15.5. The number of nitrogens with zero attached hydrogens (tertiary/aromatic N) is 4. The molecule has 0 N–H and O–H groups in total. The molecule has 7 aromatic carbocycles. The van der Waals surface area contributed by atoms with Gasteiger partial charge in [-0.1, -0.05) is 109 Å². The monoisotopic (exact) mass is 588 g/mol. The summed E-state index contributed by atoms with van der Waals surface area (Å²) in [5.74, 6) is 1.78. The van der Waals surface area contributed by atoms with Gasteiger partial charge in [-0.05, 0) is 57.9 Å².